The second-order valence-electron chi connectivity index (χ2n) is 5.98. The Balaban J connectivity index is 1.81. The van der Waals surface area contributed by atoms with E-state index in [0.717, 1.165) is 11.1 Å². The first-order valence-corrected chi connectivity index (χ1v) is 9.66. The maximum atomic E-state index is 12.6. The van der Waals surface area contributed by atoms with E-state index in [0.29, 0.717) is 17.9 Å². The van der Waals surface area contributed by atoms with E-state index in [2.05, 4.69) is 5.16 Å². The van der Waals surface area contributed by atoms with Gasteiger partial charge in [0, 0.05) is 19.0 Å². The largest absolute Gasteiger partial charge is 0.456 e. The SMILES string of the molecule is CCS(=O)(=O)N1Cc2ccccc2C[C@@H]1C(=O)OCc1cc(C)no1. The molecule has 1 atom stereocenters. The van der Waals surface area contributed by atoms with Crippen molar-refractivity contribution in [2.75, 3.05) is 5.75 Å². The Morgan fingerprint density at radius 1 is 1.36 bits per heavy atom. The fraction of sp³-hybridized carbons (Fsp3) is 0.412. The van der Waals surface area contributed by atoms with Crippen LogP contribution in [0, 0.1) is 6.92 Å². The molecule has 0 saturated heterocycles. The first kappa shape index (κ1) is 17.6. The molecule has 3 rings (SSSR count). The first-order chi connectivity index (χ1) is 11.9. The fourth-order valence-electron chi connectivity index (χ4n) is 2.88. The Hall–Kier alpha value is -2.19. The molecule has 0 fully saturated rings. The Labute approximate surface area is 146 Å². The Morgan fingerprint density at radius 2 is 2.08 bits per heavy atom. The molecule has 0 amide bonds. The van der Waals surface area contributed by atoms with Crippen LogP contribution in [0.1, 0.15) is 29.5 Å². The Bertz CT molecular complexity index is 875. The van der Waals surface area contributed by atoms with Crippen LogP contribution in [0.3, 0.4) is 0 Å². The summed E-state index contributed by atoms with van der Waals surface area (Å²) in [5, 5.41) is 3.73. The summed E-state index contributed by atoms with van der Waals surface area (Å²) in [4.78, 5) is 12.6. The number of carbonyl (C=O) groups is 1. The number of fused-ring (bicyclic) bond motifs is 1. The van der Waals surface area contributed by atoms with E-state index in [1.54, 1.807) is 19.9 Å². The van der Waals surface area contributed by atoms with Gasteiger partial charge in [-0.2, -0.15) is 4.31 Å². The van der Waals surface area contributed by atoms with Crippen LogP contribution >= 0.6 is 0 Å². The number of hydrogen-bond acceptors (Lipinski definition) is 6. The van der Waals surface area contributed by atoms with Crippen molar-refractivity contribution in [3.8, 4) is 0 Å². The number of sulfonamides is 1. The zero-order valence-electron chi connectivity index (χ0n) is 14.1. The zero-order chi connectivity index (χ0) is 18.0. The number of rotatable bonds is 5. The summed E-state index contributed by atoms with van der Waals surface area (Å²) in [6, 6.07) is 8.33. The van der Waals surface area contributed by atoms with Gasteiger partial charge in [-0.1, -0.05) is 29.4 Å². The lowest BCUT2D eigenvalue weighted by Crippen LogP contribution is -2.49. The van der Waals surface area contributed by atoms with E-state index >= 15 is 0 Å². The van der Waals surface area contributed by atoms with Crippen molar-refractivity contribution in [3.05, 3.63) is 52.9 Å². The molecule has 0 unspecified atom stereocenters. The summed E-state index contributed by atoms with van der Waals surface area (Å²) in [6.07, 6.45) is 0.295. The molecule has 1 aliphatic heterocycles. The molecule has 7 nitrogen and oxygen atoms in total. The molecule has 0 radical (unpaired) electrons. The molecule has 2 aromatic rings. The Morgan fingerprint density at radius 3 is 2.72 bits per heavy atom. The molecular formula is C17H20N2O5S. The maximum absolute atomic E-state index is 12.6. The van der Waals surface area contributed by atoms with Crippen LogP contribution < -0.4 is 0 Å². The van der Waals surface area contributed by atoms with Crippen LogP contribution in [0.2, 0.25) is 0 Å². The van der Waals surface area contributed by atoms with Crippen molar-refractivity contribution >= 4 is 16.0 Å². The van der Waals surface area contributed by atoms with Gasteiger partial charge in [0.25, 0.3) is 0 Å². The highest BCUT2D eigenvalue weighted by Gasteiger charge is 2.39. The van der Waals surface area contributed by atoms with Gasteiger partial charge in [0.15, 0.2) is 12.4 Å². The number of nitrogens with zero attached hydrogens (tertiary/aromatic N) is 2. The zero-order valence-corrected chi connectivity index (χ0v) is 15.0. The number of benzene rings is 1. The van der Waals surface area contributed by atoms with Crippen molar-refractivity contribution in [2.45, 2.75) is 39.5 Å². The standard InChI is InChI=1S/C17H20N2O5S/c1-3-25(21,22)19-10-14-7-5-4-6-13(14)9-16(19)17(20)23-11-15-8-12(2)18-24-15/h4-8,16H,3,9-11H2,1-2H3/t16-/m1/s1. The molecule has 25 heavy (non-hydrogen) atoms. The van der Waals surface area contributed by atoms with Crippen LogP contribution in [0.15, 0.2) is 34.9 Å². The first-order valence-electron chi connectivity index (χ1n) is 8.06. The lowest BCUT2D eigenvalue weighted by Gasteiger charge is -2.34. The van der Waals surface area contributed by atoms with Gasteiger partial charge < -0.3 is 9.26 Å². The second kappa shape index (κ2) is 6.97. The van der Waals surface area contributed by atoms with Crippen LogP contribution in [0.4, 0.5) is 0 Å². The van der Waals surface area contributed by atoms with Crippen molar-refractivity contribution in [1.82, 2.24) is 9.46 Å². The smallest absolute Gasteiger partial charge is 0.325 e. The second-order valence-corrected chi connectivity index (χ2v) is 8.19. The molecule has 1 aromatic heterocycles. The van der Waals surface area contributed by atoms with Crippen molar-refractivity contribution in [3.63, 3.8) is 0 Å². The van der Waals surface area contributed by atoms with Gasteiger partial charge in [-0.25, -0.2) is 8.42 Å². The minimum atomic E-state index is -3.54. The average molecular weight is 364 g/mol. The van der Waals surface area contributed by atoms with Gasteiger partial charge in [0.05, 0.1) is 11.4 Å². The summed E-state index contributed by atoms with van der Waals surface area (Å²) >= 11 is 0. The monoisotopic (exact) mass is 364 g/mol. The van der Waals surface area contributed by atoms with Gasteiger partial charge in [0.1, 0.15) is 6.04 Å². The van der Waals surface area contributed by atoms with E-state index in [4.69, 9.17) is 9.26 Å². The van der Waals surface area contributed by atoms with Crippen LogP contribution in [0.25, 0.3) is 0 Å². The topological polar surface area (TPSA) is 89.7 Å². The highest BCUT2D eigenvalue weighted by molar-refractivity contribution is 7.89. The minimum Gasteiger partial charge on any atom is -0.456 e. The van der Waals surface area contributed by atoms with E-state index in [1.807, 2.05) is 24.3 Å². The molecule has 0 aliphatic carbocycles. The molecular weight excluding hydrogens is 344 g/mol. The Kier molecular flexibility index (Phi) is 4.91. The molecule has 134 valence electrons. The number of aromatic nitrogens is 1. The van der Waals surface area contributed by atoms with E-state index in [9.17, 15) is 13.2 Å². The van der Waals surface area contributed by atoms with Crippen molar-refractivity contribution < 1.29 is 22.5 Å². The van der Waals surface area contributed by atoms with Crippen molar-refractivity contribution in [1.29, 1.82) is 0 Å². The molecule has 2 heterocycles. The molecule has 0 bridgehead atoms. The molecule has 0 N–H and O–H groups in total. The minimum absolute atomic E-state index is 0.0692. The van der Waals surface area contributed by atoms with Crippen LogP contribution in [0.5, 0.6) is 0 Å². The third kappa shape index (κ3) is 3.74. The number of aryl methyl sites for hydroxylation is 1. The number of hydrogen-bond donors (Lipinski definition) is 0. The average Bonchev–Trinajstić information content (AvgIpc) is 3.03. The quantitative estimate of drug-likeness (QED) is 0.752. The number of esters is 1. The highest BCUT2D eigenvalue weighted by Crippen LogP contribution is 2.27. The molecule has 8 heteroatoms. The summed E-state index contributed by atoms with van der Waals surface area (Å²) in [5.74, 6) is -0.229. The van der Waals surface area contributed by atoms with Gasteiger partial charge in [-0.3, -0.25) is 4.79 Å². The summed E-state index contributed by atoms with van der Waals surface area (Å²) in [5.41, 5.74) is 2.56. The molecule has 0 saturated carbocycles. The van der Waals surface area contributed by atoms with Gasteiger partial charge >= 0.3 is 5.97 Å². The van der Waals surface area contributed by atoms with E-state index in [-0.39, 0.29) is 18.9 Å². The fourth-order valence-corrected chi connectivity index (χ4v) is 4.10. The number of carbonyl (C=O) groups excluding carboxylic acids is 1. The third-order valence-corrected chi connectivity index (χ3v) is 6.06. The predicted molar refractivity (Wildman–Crippen MR) is 90.0 cm³/mol. The third-order valence-electron chi connectivity index (χ3n) is 4.23. The highest BCUT2D eigenvalue weighted by atomic mass is 32.2. The van der Waals surface area contributed by atoms with Gasteiger partial charge in [0.2, 0.25) is 10.0 Å². The van der Waals surface area contributed by atoms with Gasteiger partial charge in [-0.05, 0) is 25.0 Å². The number of ether oxygens (including phenoxy) is 1. The summed E-state index contributed by atoms with van der Waals surface area (Å²) in [6.45, 7) is 3.43. The molecule has 1 aromatic carbocycles. The summed E-state index contributed by atoms with van der Waals surface area (Å²) < 4.78 is 36.4. The van der Waals surface area contributed by atoms with Gasteiger partial charge in [-0.15, -0.1) is 0 Å². The van der Waals surface area contributed by atoms with E-state index < -0.39 is 22.0 Å². The molecule has 0 spiro atoms. The van der Waals surface area contributed by atoms with Crippen LogP contribution in [-0.2, 0) is 39.1 Å². The summed E-state index contributed by atoms with van der Waals surface area (Å²) in [7, 11) is -3.54. The lowest BCUT2D eigenvalue weighted by atomic mass is 9.96. The van der Waals surface area contributed by atoms with Crippen LogP contribution in [-0.4, -0.2) is 35.6 Å². The lowest BCUT2D eigenvalue weighted by molar-refractivity contribution is -0.150. The van der Waals surface area contributed by atoms with Crippen molar-refractivity contribution in [2.24, 2.45) is 0 Å². The normalized spacial score (nSPS) is 17.9. The predicted octanol–water partition coefficient (Wildman–Crippen LogP) is 1.80. The molecule has 1 aliphatic rings. The maximum Gasteiger partial charge on any atom is 0.325 e. The van der Waals surface area contributed by atoms with E-state index in [1.165, 1.54) is 4.31 Å².